The van der Waals surface area contributed by atoms with Crippen LogP contribution in [0.15, 0.2) is 52.5 Å². The van der Waals surface area contributed by atoms with Gasteiger partial charge in [-0.2, -0.15) is 18.2 Å². The molecule has 1 aromatic heterocycles. The van der Waals surface area contributed by atoms with Crippen LogP contribution in [0.4, 0.5) is 30.2 Å². The number of aromatic carboxylic acids is 1. The molecule has 6 rings (SSSR count). The van der Waals surface area contributed by atoms with Crippen molar-refractivity contribution in [2.45, 2.75) is 25.4 Å². The van der Waals surface area contributed by atoms with Crippen LogP contribution in [0.25, 0.3) is 17.0 Å². The number of carboxylic acid groups (broad SMARTS) is 2. The molecular formula is C31H27ClF3N5O7S. The number of hydrogen-bond acceptors (Lipinski definition) is 9. The number of hydrogen-bond donors (Lipinski definition) is 4. The van der Waals surface area contributed by atoms with Gasteiger partial charge in [-0.1, -0.05) is 24.1 Å². The van der Waals surface area contributed by atoms with Crippen LogP contribution >= 0.6 is 23.4 Å². The fourth-order valence-electron chi connectivity index (χ4n) is 4.91. The summed E-state index contributed by atoms with van der Waals surface area (Å²) in [4.78, 5) is 57.0. The number of aliphatic carboxylic acids is 1. The lowest BCUT2D eigenvalue weighted by molar-refractivity contribution is -0.192. The standard InChI is InChI=1S/C29H26ClN5O5S.C2HF3O2/c30-21-6-5-18(32-26(36)17-2-1-3-17)14-23(21)33-29-34-27(37)24(41-29)13-16-4-7-22-19(12-16)25(20(15-31-22)28(38)39)35-8-10-40-11-9-35;3-2(4,5)1(6)7/h4-7,12-15,17H,1-3,8-11H2,(H,32,36)(H,38,39)(H,33,34,37);(H,6,7). The number of carbonyl (C=O) groups is 4. The van der Waals surface area contributed by atoms with Crippen molar-refractivity contribution in [1.29, 1.82) is 0 Å². The monoisotopic (exact) mass is 705 g/mol. The Hall–Kier alpha value is -4.67. The van der Waals surface area contributed by atoms with E-state index in [1.54, 1.807) is 24.3 Å². The van der Waals surface area contributed by atoms with Crippen LogP contribution < -0.4 is 15.5 Å². The molecule has 12 nitrogen and oxygen atoms in total. The van der Waals surface area contributed by atoms with Crippen LogP contribution in [0.5, 0.6) is 0 Å². The maximum absolute atomic E-state index is 12.8. The molecule has 0 bridgehead atoms. The first kappa shape index (κ1) is 34.7. The Morgan fingerprint density at radius 3 is 2.42 bits per heavy atom. The van der Waals surface area contributed by atoms with E-state index >= 15 is 0 Å². The minimum Gasteiger partial charge on any atom is -0.478 e. The number of morpholine rings is 1. The number of pyridine rings is 1. The van der Waals surface area contributed by atoms with Gasteiger partial charge in [0.2, 0.25) is 5.91 Å². The molecule has 3 aliphatic rings. The third kappa shape index (κ3) is 8.24. The van der Waals surface area contributed by atoms with Crippen LogP contribution in [0, 0.1) is 5.92 Å². The van der Waals surface area contributed by atoms with Gasteiger partial charge in [0.25, 0.3) is 5.91 Å². The van der Waals surface area contributed by atoms with E-state index in [4.69, 9.17) is 26.2 Å². The largest absolute Gasteiger partial charge is 0.490 e. The Balaban J connectivity index is 0.000000582. The molecule has 3 aromatic rings. The summed E-state index contributed by atoms with van der Waals surface area (Å²) in [5, 5.41) is 24.5. The second-order valence-electron chi connectivity index (χ2n) is 10.8. The first-order chi connectivity index (χ1) is 22.8. The molecule has 0 unspecified atom stereocenters. The summed E-state index contributed by atoms with van der Waals surface area (Å²) in [6.45, 7) is 2.14. The van der Waals surface area contributed by atoms with Crippen molar-refractivity contribution in [1.82, 2.24) is 4.98 Å². The van der Waals surface area contributed by atoms with E-state index in [0.29, 0.717) is 74.9 Å². The number of aliphatic imine (C=N–C) groups is 1. The number of aromatic nitrogens is 1. The maximum Gasteiger partial charge on any atom is 0.490 e. The normalized spacial score (nSPS) is 17.3. The number of carbonyl (C=O) groups excluding carboxylic acids is 2. The molecule has 2 aromatic carbocycles. The van der Waals surface area contributed by atoms with Gasteiger partial charge in [-0.3, -0.25) is 14.6 Å². The summed E-state index contributed by atoms with van der Waals surface area (Å²) < 4.78 is 37.2. The molecule has 0 spiro atoms. The second-order valence-corrected chi connectivity index (χ2v) is 12.2. The van der Waals surface area contributed by atoms with E-state index in [9.17, 15) is 32.7 Å². The van der Waals surface area contributed by atoms with E-state index in [1.165, 1.54) is 18.0 Å². The van der Waals surface area contributed by atoms with Crippen molar-refractivity contribution in [2.75, 3.05) is 41.8 Å². The van der Waals surface area contributed by atoms with Crippen molar-refractivity contribution < 1.29 is 47.3 Å². The molecule has 2 fully saturated rings. The van der Waals surface area contributed by atoms with Crippen LogP contribution in [0.2, 0.25) is 5.02 Å². The van der Waals surface area contributed by atoms with Crippen molar-refractivity contribution in [3.05, 3.63) is 63.6 Å². The molecule has 48 heavy (non-hydrogen) atoms. The molecule has 252 valence electrons. The molecule has 3 heterocycles. The predicted molar refractivity (Wildman–Crippen MR) is 174 cm³/mol. The van der Waals surface area contributed by atoms with Gasteiger partial charge in [0.15, 0.2) is 5.17 Å². The quantitative estimate of drug-likeness (QED) is 0.226. The van der Waals surface area contributed by atoms with Gasteiger partial charge in [0.05, 0.1) is 40.0 Å². The topological polar surface area (TPSA) is 171 Å². The number of nitrogens with one attached hydrogen (secondary N) is 2. The van der Waals surface area contributed by atoms with Crippen molar-refractivity contribution in [2.24, 2.45) is 10.9 Å². The zero-order valence-electron chi connectivity index (χ0n) is 24.8. The average Bonchev–Trinajstić information content (AvgIpc) is 3.35. The number of anilines is 3. The number of thioether (sulfide) groups is 1. The zero-order valence-corrected chi connectivity index (χ0v) is 26.4. The minimum absolute atomic E-state index is 0.00432. The van der Waals surface area contributed by atoms with Gasteiger partial charge in [-0.25, -0.2) is 9.59 Å². The van der Waals surface area contributed by atoms with Crippen LogP contribution in [0.3, 0.4) is 0 Å². The maximum atomic E-state index is 12.8. The van der Waals surface area contributed by atoms with E-state index in [0.717, 1.165) is 19.3 Å². The Labute approximate surface area is 280 Å². The highest BCUT2D eigenvalue weighted by atomic mass is 35.5. The minimum atomic E-state index is -5.08. The van der Waals surface area contributed by atoms with Crippen molar-refractivity contribution in [3.8, 4) is 0 Å². The number of carboxylic acids is 2. The number of benzene rings is 2. The van der Waals surface area contributed by atoms with Gasteiger partial charge in [-0.05, 0) is 66.6 Å². The van der Waals surface area contributed by atoms with Gasteiger partial charge < -0.3 is 30.5 Å². The predicted octanol–water partition coefficient (Wildman–Crippen LogP) is 5.88. The lowest BCUT2D eigenvalue weighted by Crippen LogP contribution is -2.37. The third-order valence-electron chi connectivity index (χ3n) is 7.53. The second kappa shape index (κ2) is 14.6. The Kier molecular flexibility index (Phi) is 10.6. The van der Waals surface area contributed by atoms with Crippen LogP contribution in [-0.4, -0.2) is 76.6 Å². The van der Waals surface area contributed by atoms with Gasteiger partial charge in [0, 0.05) is 36.3 Å². The fourth-order valence-corrected chi connectivity index (χ4v) is 5.90. The molecule has 1 saturated heterocycles. The van der Waals surface area contributed by atoms with Gasteiger partial charge in [-0.15, -0.1) is 0 Å². The summed E-state index contributed by atoms with van der Waals surface area (Å²) >= 11 is 7.55. The molecule has 2 aliphatic heterocycles. The number of amides is 2. The van der Waals surface area contributed by atoms with E-state index in [1.807, 2.05) is 23.1 Å². The van der Waals surface area contributed by atoms with Crippen LogP contribution in [0.1, 0.15) is 35.2 Å². The molecular weight excluding hydrogens is 679 g/mol. The molecule has 1 saturated carbocycles. The lowest BCUT2D eigenvalue weighted by Gasteiger charge is -2.30. The average molecular weight is 706 g/mol. The Bertz CT molecular complexity index is 1840. The van der Waals surface area contributed by atoms with Crippen molar-refractivity contribution in [3.63, 3.8) is 0 Å². The molecule has 0 atom stereocenters. The SMILES string of the molecule is O=C(O)C(F)(F)F.O=C1N=C(Nc2cc(NC(=O)C3CCC3)ccc2Cl)SC1=Cc1ccc2ncc(C(=O)O)c(N3CCOCC3)c2c1. The zero-order chi connectivity index (χ0) is 34.6. The lowest BCUT2D eigenvalue weighted by atomic mass is 9.85. The smallest absolute Gasteiger partial charge is 0.478 e. The summed E-state index contributed by atoms with van der Waals surface area (Å²) in [6, 6.07) is 10.6. The van der Waals surface area contributed by atoms with Gasteiger partial charge in [0.1, 0.15) is 5.56 Å². The highest BCUT2D eigenvalue weighted by Crippen LogP contribution is 2.35. The summed E-state index contributed by atoms with van der Waals surface area (Å²) in [5.74, 6) is -4.17. The van der Waals surface area contributed by atoms with E-state index in [2.05, 4.69) is 20.6 Å². The number of rotatable bonds is 6. The van der Waals surface area contributed by atoms with Crippen LogP contribution in [-0.2, 0) is 19.1 Å². The number of nitrogens with zero attached hydrogens (tertiary/aromatic N) is 3. The first-order valence-electron chi connectivity index (χ1n) is 14.5. The number of halogens is 4. The van der Waals surface area contributed by atoms with E-state index in [-0.39, 0.29) is 17.4 Å². The summed E-state index contributed by atoms with van der Waals surface area (Å²) in [6.07, 6.45) is 0.893. The Morgan fingerprint density at radius 2 is 1.79 bits per heavy atom. The van der Waals surface area contributed by atoms with Crippen molar-refractivity contribution >= 4 is 86.3 Å². The number of fused-ring (bicyclic) bond motifs is 1. The third-order valence-corrected chi connectivity index (χ3v) is 8.76. The number of ether oxygens (including phenoxy) is 1. The first-order valence-corrected chi connectivity index (χ1v) is 15.7. The number of amidine groups is 1. The molecule has 1 aliphatic carbocycles. The highest BCUT2D eigenvalue weighted by molar-refractivity contribution is 8.18. The number of alkyl halides is 3. The molecule has 0 radical (unpaired) electrons. The molecule has 2 amide bonds. The summed E-state index contributed by atoms with van der Waals surface area (Å²) in [5.41, 5.74) is 3.21. The molecule has 17 heteroatoms. The fraction of sp³-hybridized carbons (Fsp3) is 0.290. The van der Waals surface area contributed by atoms with E-state index < -0.39 is 24.0 Å². The van der Waals surface area contributed by atoms with Gasteiger partial charge >= 0.3 is 18.1 Å². The Morgan fingerprint density at radius 1 is 1.08 bits per heavy atom. The summed E-state index contributed by atoms with van der Waals surface area (Å²) in [7, 11) is 0. The highest BCUT2D eigenvalue weighted by Gasteiger charge is 2.38. The molecule has 4 N–H and O–H groups in total.